The van der Waals surface area contributed by atoms with Gasteiger partial charge in [-0.05, 0) is 25.5 Å². The maximum atomic E-state index is 12.6. The molecule has 0 radical (unpaired) electrons. The van der Waals surface area contributed by atoms with E-state index in [4.69, 9.17) is 0 Å². The van der Waals surface area contributed by atoms with Gasteiger partial charge >= 0.3 is 0 Å². The van der Waals surface area contributed by atoms with Gasteiger partial charge < -0.3 is 15.0 Å². The van der Waals surface area contributed by atoms with Gasteiger partial charge in [-0.3, -0.25) is 4.79 Å². The van der Waals surface area contributed by atoms with Crippen molar-refractivity contribution in [3.05, 3.63) is 34.4 Å². The molecule has 2 unspecified atom stereocenters. The van der Waals surface area contributed by atoms with Crippen LogP contribution in [0.1, 0.15) is 23.7 Å². The summed E-state index contributed by atoms with van der Waals surface area (Å²) in [6, 6.07) is 5.84. The van der Waals surface area contributed by atoms with E-state index in [1.54, 1.807) is 13.1 Å². The lowest BCUT2D eigenvalue weighted by Crippen LogP contribution is -2.30. The molecule has 5 heteroatoms. The molecule has 0 saturated carbocycles. The highest BCUT2D eigenvalue weighted by Gasteiger charge is 2.30. The predicted molar refractivity (Wildman–Crippen MR) is 81.7 cm³/mol. The number of aromatic nitrogens is 1. The number of rotatable bonds is 2. The first-order chi connectivity index (χ1) is 9.58. The zero-order valence-electron chi connectivity index (χ0n) is 11.3. The Morgan fingerprint density at radius 2 is 2.35 bits per heavy atom. The van der Waals surface area contributed by atoms with E-state index in [1.165, 1.54) is 0 Å². The van der Waals surface area contributed by atoms with E-state index in [2.05, 4.69) is 20.9 Å². The van der Waals surface area contributed by atoms with Gasteiger partial charge in [-0.15, -0.1) is 0 Å². The summed E-state index contributed by atoms with van der Waals surface area (Å²) in [6.07, 6.45) is 2.28. The maximum absolute atomic E-state index is 12.6. The van der Waals surface area contributed by atoms with Crippen molar-refractivity contribution in [1.82, 2.24) is 9.88 Å². The Hall–Kier alpha value is -1.33. The highest BCUT2D eigenvalue weighted by Crippen LogP contribution is 2.29. The smallest absolute Gasteiger partial charge is 0.256 e. The van der Waals surface area contributed by atoms with Crippen molar-refractivity contribution in [2.24, 2.45) is 5.92 Å². The molecule has 0 bridgehead atoms. The first-order valence-electron chi connectivity index (χ1n) is 6.81. The van der Waals surface area contributed by atoms with Gasteiger partial charge in [0.15, 0.2) is 0 Å². The number of aliphatic hydroxyl groups excluding tert-OH is 1. The fraction of sp³-hybridized carbons (Fsp3) is 0.400. The molecule has 1 aromatic heterocycles. The molecule has 0 spiro atoms. The molecular weight excluding hydrogens is 320 g/mol. The summed E-state index contributed by atoms with van der Waals surface area (Å²) in [4.78, 5) is 17.6. The number of nitrogens with one attached hydrogen (secondary N) is 1. The number of aromatic amines is 1. The summed E-state index contributed by atoms with van der Waals surface area (Å²) in [5.74, 6) is 0.221. The average Bonchev–Trinajstić information content (AvgIpc) is 3.05. The number of benzene rings is 1. The molecule has 1 saturated heterocycles. The van der Waals surface area contributed by atoms with Gasteiger partial charge in [-0.25, -0.2) is 0 Å². The molecule has 1 aliphatic rings. The van der Waals surface area contributed by atoms with Gasteiger partial charge in [0.2, 0.25) is 0 Å². The molecule has 4 nitrogen and oxygen atoms in total. The molecule has 2 N–H and O–H groups in total. The predicted octanol–water partition coefficient (Wildman–Crippen LogP) is 2.77. The lowest BCUT2D eigenvalue weighted by atomic mass is 10.0. The fourth-order valence-corrected chi connectivity index (χ4v) is 3.42. The largest absolute Gasteiger partial charge is 0.393 e. The van der Waals surface area contributed by atoms with Gasteiger partial charge in [-0.2, -0.15) is 0 Å². The number of aliphatic hydroxyl groups is 1. The lowest BCUT2D eigenvalue weighted by Gasteiger charge is -2.17. The first-order valence-corrected chi connectivity index (χ1v) is 7.60. The minimum atomic E-state index is -0.359. The summed E-state index contributed by atoms with van der Waals surface area (Å²) in [5.41, 5.74) is 1.65. The average molecular weight is 337 g/mol. The molecule has 2 aromatic rings. The molecule has 2 heterocycles. The molecule has 3 rings (SSSR count). The van der Waals surface area contributed by atoms with Crippen molar-refractivity contribution < 1.29 is 9.90 Å². The van der Waals surface area contributed by atoms with E-state index in [0.29, 0.717) is 18.7 Å². The van der Waals surface area contributed by atoms with Crippen molar-refractivity contribution >= 4 is 32.7 Å². The van der Waals surface area contributed by atoms with Crippen LogP contribution in [-0.4, -0.2) is 40.1 Å². The standard InChI is InChI=1S/C15H17BrN2O2/c1-9(19)10-5-6-18(8-10)15(20)11-7-17-13-4-2-3-12(16)14(11)13/h2-4,7,9-10,17,19H,5-6,8H2,1H3. The van der Waals surface area contributed by atoms with E-state index in [1.807, 2.05) is 23.1 Å². The Kier molecular flexibility index (Phi) is 3.56. The monoisotopic (exact) mass is 336 g/mol. The van der Waals surface area contributed by atoms with E-state index >= 15 is 0 Å². The van der Waals surface area contributed by atoms with Crippen molar-refractivity contribution in [1.29, 1.82) is 0 Å². The Balaban J connectivity index is 1.90. The van der Waals surface area contributed by atoms with Gasteiger partial charge in [0.1, 0.15) is 0 Å². The van der Waals surface area contributed by atoms with Crippen LogP contribution in [0.3, 0.4) is 0 Å². The topological polar surface area (TPSA) is 56.3 Å². The number of likely N-dealkylation sites (tertiary alicyclic amines) is 1. The third kappa shape index (κ3) is 2.25. The summed E-state index contributed by atoms with van der Waals surface area (Å²) in [6.45, 7) is 3.14. The van der Waals surface area contributed by atoms with Gasteiger partial charge in [0.25, 0.3) is 5.91 Å². The second-order valence-corrected chi connectivity index (χ2v) is 6.26. The van der Waals surface area contributed by atoms with Crippen molar-refractivity contribution in [2.45, 2.75) is 19.4 Å². The number of carbonyl (C=O) groups is 1. The molecule has 1 aliphatic heterocycles. The molecule has 0 aliphatic carbocycles. The number of H-pyrrole nitrogens is 1. The number of hydrogen-bond acceptors (Lipinski definition) is 2. The van der Waals surface area contributed by atoms with Crippen LogP contribution in [0.25, 0.3) is 10.9 Å². The van der Waals surface area contributed by atoms with Gasteiger partial charge in [-0.1, -0.05) is 22.0 Å². The number of nitrogens with zero attached hydrogens (tertiary/aromatic N) is 1. The molecule has 1 amide bonds. The normalized spacial score (nSPS) is 20.6. The Morgan fingerprint density at radius 3 is 3.05 bits per heavy atom. The van der Waals surface area contributed by atoms with Gasteiger partial charge in [0.05, 0.1) is 11.7 Å². The van der Waals surface area contributed by atoms with E-state index < -0.39 is 0 Å². The van der Waals surface area contributed by atoms with Crippen LogP contribution < -0.4 is 0 Å². The van der Waals surface area contributed by atoms with Gasteiger partial charge in [0, 0.05) is 40.6 Å². The highest BCUT2D eigenvalue weighted by atomic mass is 79.9. The Labute approximate surface area is 125 Å². The van der Waals surface area contributed by atoms with Crippen LogP contribution in [0.5, 0.6) is 0 Å². The van der Waals surface area contributed by atoms with Crippen molar-refractivity contribution in [2.75, 3.05) is 13.1 Å². The van der Waals surface area contributed by atoms with Crippen LogP contribution in [0.4, 0.5) is 0 Å². The van der Waals surface area contributed by atoms with Crippen LogP contribution in [0.2, 0.25) is 0 Å². The summed E-state index contributed by atoms with van der Waals surface area (Å²) < 4.78 is 0.922. The molecule has 20 heavy (non-hydrogen) atoms. The number of halogens is 1. The number of amides is 1. The van der Waals surface area contributed by atoms with Crippen LogP contribution in [0, 0.1) is 5.92 Å². The second-order valence-electron chi connectivity index (χ2n) is 5.41. The zero-order chi connectivity index (χ0) is 14.3. The van der Waals surface area contributed by atoms with Crippen LogP contribution in [0.15, 0.2) is 28.9 Å². The number of hydrogen-bond donors (Lipinski definition) is 2. The van der Waals surface area contributed by atoms with Crippen LogP contribution in [-0.2, 0) is 0 Å². The van der Waals surface area contributed by atoms with Crippen LogP contribution >= 0.6 is 15.9 Å². The minimum Gasteiger partial charge on any atom is -0.393 e. The van der Waals surface area contributed by atoms with E-state index in [0.717, 1.165) is 21.8 Å². The molecular formula is C15H17BrN2O2. The summed E-state index contributed by atoms with van der Waals surface area (Å²) in [7, 11) is 0. The summed E-state index contributed by atoms with van der Waals surface area (Å²) in [5, 5.41) is 10.6. The van der Waals surface area contributed by atoms with Crippen molar-refractivity contribution in [3.63, 3.8) is 0 Å². The van der Waals surface area contributed by atoms with E-state index in [-0.39, 0.29) is 17.9 Å². The Morgan fingerprint density at radius 1 is 1.55 bits per heavy atom. The number of fused-ring (bicyclic) bond motifs is 1. The quantitative estimate of drug-likeness (QED) is 0.885. The third-order valence-electron chi connectivity index (χ3n) is 4.08. The highest BCUT2D eigenvalue weighted by molar-refractivity contribution is 9.10. The number of carbonyl (C=O) groups excluding carboxylic acids is 1. The zero-order valence-corrected chi connectivity index (χ0v) is 12.9. The SMILES string of the molecule is CC(O)C1CCN(C(=O)c2c[nH]c3cccc(Br)c23)C1. The molecule has 106 valence electrons. The molecule has 1 fully saturated rings. The minimum absolute atomic E-state index is 0.0336. The second kappa shape index (κ2) is 5.22. The Bertz CT molecular complexity index is 650. The van der Waals surface area contributed by atoms with E-state index in [9.17, 15) is 9.90 Å². The maximum Gasteiger partial charge on any atom is 0.256 e. The third-order valence-corrected chi connectivity index (χ3v) is 4.74. The first kappa shape index (κ1) is 13.6. The molecule has 1 aromatic carbocycles. The molecule has 2 atom stereocenters. The lowest BCUT2D eigenvalue weighted by molar-refractivity contribution is 0.0764. The summed E-state index contributed by atoms with van der Waals surface area (Å²) >= 11 is 3.51. The fourth-order valence-electron chi connectivity index (χ4n) is 2.84. The van der Waals surface area contributed by atoms with Crippen molar-refractivity contribution in [3.8, 4) is 0 Å².